The van der Waals surface area contributed by atoms with Crippen molar-refractivity contribution in [2.24, 2.45) is 5.92 Å². The molecule has 5 N–H and O–H groups in total. The van der Waals surface area contributed by atoms with E-state index < -0.39 is 30.2 Å². The second-order valence-corrected chi connectivity index (χ2v) is 10.6. The van der Waals surface area contributed by atoms with Crippen LogP contribution in [0.4, 0.5) is 0 Å². The van der Waals surface area contributed by atoms with Crippen LogP contribution in [0.5, 0.6) is 0 Å². The van der Waals surface area contributed by atoms with E-state index in [0.717, 1.165) is 35.6 Å². The Morgan fingerprint density at radius 3 is 2.38 bits per heavy atom. The second kappa shape index (κ2) is 16.5. The van der Waals surface area contributed by atoms with Gasteiger partial charge in [0.05, 0.1) is 12.2 Å². The molecule has 2 aromatic rings. The topological polar surface area (TPSA) is 131 Å². The first-order valence-electron chi connectivity index (χ1n) is 14.2. The van der Waals surface area contributed by atoms with Gasteiger partial charge in [-0.25, -0.2) is 0 Å². The summed E-state index contributed by atoms with van der Waals surface area (Å²) in [5, 5.41) is 30.4. The molecule has 3 amide bonds. The van der Waals surface area contributed by atoms with E-state index in [1.807, 2.05) is 56.3 Å². The molecule has 9 nitrogen and oxygen atoms in total. The number of carbonyl (C=O) groups excluding carboxylic acids is 3. The summed E-state index contributed by atoms with van der Waals surface area (Å²) in [5.41, 5.74) is 0.893. The van der Waals surface area contributed by atoms with Crippen molar-refractivity contribution in [2.45, 2.75) is 77.2 Å². The van der Waals surface area contributed by atoms with Gasteiger partial charge in [0.1, 0.15) is 12.1 Å². The molecule has 0 radical (unpaired) electrons. The molecule has 2 aromatic carbocycles. The summed E-state index contributed by atoms with van der Waals surface area (Å²) in [6.45, 7) is 6.69. The van der Waals surface area contributed by atoms with Crippen LogP contribution in [0, 0.1) is 5.92 Å². The Bertz CT molecular complexity index is 1110. The maximum atomic E-state index is 13.5. The van der Waals surface area contributed by atoms with E-state index in [1.165, 1.54) is 0 Å². The summed E-state index contributed by atoms with van der Waals surface area (Å²) in [4.78, 5) is 41.5. The third-order valence-corrected chi connectivity index (χ3v) is 7.39. The summed E-state index contributed by atoms with van der Waals surface area (Å²) < 4.78 is 0. The Balaban J connectivity index is 0.00000560. The molecular weight excluding hydrogens is 532 g/mol. The average Bonchev–Trinajstić information content (AvgIpc) is 3.42. The molecule has 222 valence electrons. The molecule has 40 heavy (non-hydrogen) atoms. The van der Waals surface area contributed by atoms with E-state index in [0.29, 0.717) is 19.5 Å². The number of rotatable bonds is 14. The van der Waals surface area contributed by atoms with Crippen molar-refractivity contribution in [3.8, 4) is 0 Å². The Morgan fingerprint density at radius 2 is 1.70 bits per heavy atom. The third kappa shape index (κ3) is 9.44. The molecular formula is C30H45ClN4O5. The van der Waals surface area contributed by atoms with Crippen molar-refractivity contribution in [3.05, 3.63) is 48.0 Å². The molecule has 0 aliphatic carbocycles. The molecule has 0 bridgehead atoms. The molecule has 1 aliphatic rings. The van der Waals surface area contributed by atoms with Crippen LogP contribution in [-0.2, 0) is 20.8 Å². The molecule has 3 rings (SSSR count). The summed E-state index contributed by atoms with van der Waals surface area (Å²) in [5.74, 6) is -0.839. The number of amides is 3. The van der Waals surface area contributed by atoms with Crippen LogP contribution in [0.15, 0.2) is 42.5 Å². The number of aliphatic hydroxyl groups excluding tert-OH is 2. The van der Waals surface area contributed by atoms with Crippen LogP contribution < -0.4 is 16.0 Å². The van der Waals surface area contributed by atoms with Crippen molar-refractivity contribution < 1.29 is 24.6 Å². The Kier molecular flexibility index (Phi) is 13.8. The van der Waals surface area contributed by atoms with Crippen molar-refractivity contribution in [1.29, 1.82) is 0 Å². The van der Waals surface area contributed by atoms with E-state index in [4.69, 9.17) is 0 Å². The standard InChI is InChI=1S/C30H44N4O5.ClH/c1-4-22(5-2)30(39)34-14-8-11-27(34)29(38)33-26(28(37)32-19-25(36)18-31-17-20(3)35)16-21-12-13-23-9-6-7-10-24(23)15-21;/h6-7,9-10,12-13,15,20,22,25-27,31,35-36H,4-5,8,11,14,16-19H2,1-3H3,(H,32,37)(H,33,38);1H/t20?,25?,26-,27+;/m1./s1. The Hall–Kier alpha value is -2.72. The van der Waals surface area contributed by atoms with Crippen molar-refractivity contribution >= 4 is 40.9 Å². The van der Waals surface area contributed by atoms with E-state index >= 15 is 0 Å². The smallest absolute Gasteiger partial charge is 0.243 e. The van der Waals surface area contributed by atoms with Gasteiger partial charge in [-0.05, 0) is 48.9 Å². The van der Waals surface area contributed by atoms with Gasteiger partial charge in [0, 0.05) is 38.5 Å². The van der Waals surface area contributed by atoms with Gasteiger partial charge < -0.3 is 31.1 Å². The molecule has 1 aliphatic heterocycles. The van der Waals surface area contributed by atoms with Gasteiger partial charge >= 0.3 is 0 Å². The molecule has 1 fully saturated rings. The lowest BCUT2D eigenvalue weighted by Crippen LogP contribution is -2.55. The van der Waals surface area contributed by atoms with E-state index in [1.54, 1.807) is 11.8 Å². The fourth-order valence-corrected chi connectivity index (χ4v) is 5.13. The number of halogens is 1. The van der Waals surface area contributed by atoms with Crippen LogP contribution in [0.1, 0.15) is 52.0 Å². The highest BCUT2D eigenvalue weighted by Gasteiger charge is 2.37. The van der Waals surface area contributed by atoms with Gasteiger partial charge in [-0.1, -0.05) is 56.3 Å². The van der Waals surface area contributed by atoms with Gasteiger partial charge in [-0.2, -0.15) is 0 Å². The average molecular weight is 577 g/mol. The summed E-state index contributed by atoms with van der Waals surface area (Å²) in [6.07, 6.45) is 1.63. The molecule has 4 atom stereocenters. The van der Waals surface area contributed by atoms with Crippen LogP contribution in [-0.4, -0.2) is 83.3 Å². The normalized spacial score (nSPS) is 17.2. The first kappa shape index (κ1) is 33.5. The van der Waals surface area contributed by atoms with Gasteiger partial charge in [-0.15, -0.1) is 12.4 Å². The number of aliphatic hydroxyl groups is 2. The number of hydrogen-bond acceptors (Lipinski definition) is 6. The predicted molar refractivity (Wildman–Crippen MR) is 159 cm³/mol. The van der Waals surface area contributed by atoms with E-state index in [-0.39, 0.29) is 49.6 Å². The van der Waals surface area contributed by atoms with Crippen LogP contribution in [0.3, 0.4) is 0 Å². The molecule has 2 unspecified atom stereocenters. The second-order valence-electron chi connectivity index (χ2n) is 10.6. The minimum absolute atomic E-state index is 0. The maximum absolute atomic E-state index is 13.5. The highest BCUT2D eigenvalue weighted by molar-refractivity contribution is 5.93. The lowest BCUT2D eigenvalue weighted by atomic mass is 10.00. The third-order valence-electron chi connectivity index (χ3n) is 7.39. The molecule has 10 heteroatoms. The molecule has 1 saturated heterocycles. The van der Waals surface area contributed by atoms with Gasteiger partial charge in [0.15, 0.2) is 0 Å². The highest BCUT2D eigenvalue weighted by Crippen LogP contribution is 2.23. The van der Waals surface area contributed by atoms with Gasteiger partial charge in [0.25, 0.3) is 0 Å². The number of nitrogens with zero attached hydrogens (tertiary/aromatic N) is 1. The molecule has 0 aromatic heterocycles. The van der Waals surface area contributed by atoms with Crippen LogP contribution in [0.25, 0.3) is 10.8 Å². The predicted octanol–water partition coefficient (Wildman–Crippen LogP) is 2.16. The zero-order chi connectivity index (χ0) is 28.4. The highest BCUT2D eigenvalue weighted by atomic mass is 35.5. The number of likely N-dealkylation sites (tertiary alicyclic amines) is 1. The lowest BCUT2D eigenvalue weighted by molar-refractivity contribution is -0.142. The van der Waals surface area contributed by atoms with Crippen LogP contribution >= 0.6 is 12.4 Å². The first-order valence-corrected chi connectivity index (χ1v) is 14.2. The fraction of sp³-hybridized carbons (Fsp3) is 0.567. The number of hydrogen-bond donors (Lipinski definition) is 5. The lowest BCUT2D eigenvalue weighted by Gasteiger charge is -2.29. The van der Waals surface area contributed by atoms with Crippen molar-refractivity contribution in [2.75, 3.05) is 26.2 Å². The molecule has 0 spiro atoms. The SMILES string of the molecule is CCC(CC)C(=O)N1CCC[C@H]1C(=O)N[C@H](Cc1ccc2ccccc2c1)C(=O)NCC(O)CNCC(C)O.Cl. The van der Waals surface area contributed by atoms with Crippen molar-refractivity contribution in [3.63, 3.8) is 0 Å². The van der Waals surface area contributed by atoms with Gasteiger partial charge in [0.2, 0.25) is 17.7 Å². The largest absolute Gasteiger partial charge is 0.392 e. The minimum atomic E-state index is -0.873. The number of fused-ring (bicyclic) bond motifs is 1. The molecule has 0 saturated carbocycles. The molecule has 1 heterocycles. The number of nitrogens with one attached hydrogen (secondary N) is 3. The maximum Gasteiger partial charge on any atom is 0.243 e. The number of carbonyl (C=O) groups is 3. The quantitative estimate of drug-likeness (QED) is 0.234. The summed E-state index contributed by atoms with van der Waals surface area (Å²) >= 11 is 0. The minimum Gasteiger partial charge on any atom is -0.392 e. The van der Waals surface area contributed by atoms with E-state index in [9.17, 15) is 24.6 Å². The number of benzene rings is 2. The summed E-state index contributed by atoms with van der Waals surface area (Å²) in [6, 6.07) is 12.4. The monoisotopic (exact) mass is 576 g/mol. The fourth-order valence-electron chi connectivity index (χ4n) is 5.13. The zero-order valence-corrected chi connectivity index (χ0v) is 24.6. The Labute approximate surface area is 243 Å². The zero-order valence-electron chi connectivity index (χ0n) is 23.8. The summed E-state index contributed by atoms with van der Waals surface area (Å²) in [7, 11) is 0. The van der Waals surface area contributed by atoms with E-state index in [2.05, 4.69) is 16.0 Å². The Morgan fingerprint density at radius 1 is 1.00 bits per heavy atom. The van der Waals surface area contributed by atoms with Crippen molar-refractivity contribution in [1.82, 2.24) is 20.9 Å². The van der Waals surface area contributed by atoms with Crippen LogP contribution in [0.2, 0.25) is 0 Å². The van der Waals surface area contributed by atoms with Gasteiger partial charge in [-0.3, -0.25) is 14.4 Å². The first-order chi connectivity index (χ1) is 18.7.